The Hall–Kier alpha value is -2.90. The van der Waals surface area contributed by atoms with Crippen LogP contribution in [-0.4, -0.2) is 42.2 Å². The second-order valence-corrected chi connectivity index (χ2v) is 6.88. The van der Waals surface area contributed by atoms with E-state index in [0.29, 0.717) is 21.3 Å². The molecular formula is C19H14Cl2N2O5. The molecular weight excluding hydrogens is 407 g/mol. The lowest BCUT2D eigenvalue weighted by Crippen LogP contribution is -2.24. The van der Waals surface area contributed by atoms with Gasteiger partial charge >= 0.3 is 5.97 Å². The zero-order chi connectivity index (χ0) is 20.4. The number of carbonyl (C=O) groups is 4. The molecule has 0 saturated heterocycles. The lowest BCUT2D eigenvalue weighted by atomic mass is 10.1. The molecule has 0 spiro atoms. The van der Waals surface area contributed by atoms with Crippen LogP contribution in [-0.2, 0) is 20.7 Å². The van der Waals surface area contributed by atoms with Crippen molar-refractivity contribution in [3.05, 3.63) is 63.1 Å². The molecule has 1 aliphatic rings. The van der Waals surface area contributed by atoms with Crippen LogP contribution in [0.2, 0.25) is 10.0 Å². The number of hydrogen-bond donors (Lipinski definition) is 1. The number of anilines is 1. The highest BCUT2D eigenvalue weighted by molar-refractivity contribution is 6.42. The normalized spacial score (nSPS) is 12.8. The van der Waals surface area contributed by atoms with E-state index in [-0.39, 0.29) is 17.5 Å². The molecule has 2 aromatic rings. The van der Waals surface area contributed by atoms with Gasteiger partial charge in [0.1, 0.15) is 0 Å². The van der Waals surface area contributed by atoms with Crippen LogP contribution in [0.3, 0.4) is 0 Å². The Morgan fingerprint density at radius 2 is 1.71 bits per heavy atom. The van der Waals surface area contributed by atoms with Gasteiger partial charge in [-0.05, 0) is 35.9 Å². The van der Waals surface area contributed by atoms with Crippen LogP contribution >= 0.6 is 23.2 Å². The Bertz CT molecular complexity index is 1010. The number of amides is 3. The average Bonchev–Trinajstić information content (AvgIpc) is 2.87. The Morgan fingerprint density at radius 1 is 1.00 bits per heavy atom. The van der Waals surface area contributed by atoms with Crippen molar-refractivity contribution >= 4 is 52.6 Å². The number of nitrogens with one attached hydrogen (secondary N) is 1. The number of imide groups is 1. The van der Waals surface area contributed by atoms with Crippen molar-refractivity contribution in [1.29, 1.82) is 0 Å². The van der Waals surface area contributed by atoms with Gasteiger partial charge < -0.3 is 10.1 Å². The molecule has 144 valence electrons. The number of benzene rings is 2. The van der Waals surface area contributed by atoms with Crippen LogP contribution in [0.5, 0.6) is 0 Å². The molecule has 0 aromatic heterocycles. The monoisotopic (exact) mass is 420 g/mol. The summed E-state index contributed by atoms with van der Waals surface area (Å²) in [6.45, 7) is -0.496. The van der Waals surface area contributed by atoms with Gasteiger partial charge in [-0.1, -0.05) is 29.3 Å². The number of esters is 1. The Labute approximate surface area is 170 Å². The van der Waals surface area contributed by atoms with Crippen molar-refractivity contribution in [2.75, 3.05) is 19.0 Å². The van der Waals surface area contributed by atoms with Crippen molar-refractivity contribution in [2.45, 2.75) is 6.42 Å². The van der Waals surface area contributed by atoms with Gasteiger partial charge in [0, 0.05) is 12.7 Å². The molecule has 0 unspecified atom stereocenters. The second kappa shape index (κ2) is 8.00. The van der Waals surface area contributed by atoms with Gasteiger partial charge in [-0.3, -0.25) is 24.1 Å². The quantitative estimate of drug-likeness (QED) is 0.592. The first-order chi connectivity index (χ1) is 13.3. The predicted octanol–water partition coefficient (Wildman–Crippen LogP) is 2.94. The van der Waals surface area contributed by atoms with Crippen LogP contribution in [0, 0.1) is 0 Å². The molecule has 1 aliphatic heterocycles. The Balaban J connectivity index is 1.55. The summed E-state index contributed by atoms with van der Waals surface area (Å²) in [5.74, 6) is -2.02. The van der Waals surface area contributed by atoms with Crippen molar-refractivity contribution < 1.29 is 23.9 Å². The number of hydrogen-bond acceptors (Lipinski definition) is 5. The van der Waals surface area contributed by atoms with Crippen molar-refractivity contribution in [2.24, 2.45) is 0 Å². The highest BCUT2D eigenvalue weighted by Gasteiger charge is 2.32. The van der Waals surface area contributed by atoms with E-state index in [1.165, 1.54) is 25.2 Å². The molecule has 0 saturated carbocycles. The van der Waals surface area contributed by atoms with Gasteiger partial charge in [-0.25, -0.2) is 0 Å². The van der Waals surface area contributed by atoms with E-state index in [2.05, 4.69) is 5.32 Å². The first-order valence-corrected chi connectivity index (χ1v) is 8.87. The zero-order valence-electron chi connectivity index (χ0n) is 14.6. The summed E-state index contributed by atoms with van der Waals surface area (Å²) >= 11 is 11.7. The summed E-state index contributed by atoms with van der Waals surface area (Å²) in [5.41, 5.74) is 1.41. The minimum atomic E-state index is -0.607. The molecule has 28 heavy (non-hydrogen) atoms. The maximum Gasteiger partial charge on any atom is 0.310 e. The molecule has 1 N–H and O–H groups in total. The summed E-state index contributed by atoms with van der Waals surface area (Å²) in [5, 5.41) is 3.21. The van der Waals surface area contributed by atoms with Gasteiger partial charge in [0.05, 0.1) is 27.6 Å². The SMILES string of the molecule is CN1C(=O)c2ccc(NC(=O)COC(=O)Cc3ccc(Cl)c(Cl)c3)cc2C1=O. The summed E-state index contributed by atoms with van der Waals surface area (Å²) < 4.78 is 4.94. The third-order valence-electron chi connectivity index (χ3n) is 4.07. The third kappa shape index (κ3) is 4.16. The van der Waals surface area contributed by atoms with Crippen LogP contribution in [0.1, 0.15) is 26.3 Å². The molecule has 3 amide bonds. The fraction of sp³-hybridized carbons (Fsp3) is 0.158. The van der Waals surface area contributed by atoms with E-state index in [0.717, 1.165) is 4.90 Å². The molecule has 3 rings (SSSR count). The van der Waals surface area contributed by atoms with Crippen molar-refractivity contribution in [1.82, 2.24) is 4.90 Å². The van der Waals surface area contributed by atoms with Gasteiger partial charge in [-0.2, -0.15) is 0 Å². The molecule has 9 heteroatoms. The zero-order valence-corrected chi connectivity index (χ0v) is 16.1. The maximum absolute atomic E-state index is 12.0. The highest BCUT2D eigenvalue weighted by atomic mass is 35.5. The minimum Gasteiger partial charge on any atom is -0.455 e. The van der Waals surface area contributed by atoms with E-state index in [1.807, 2.05) is 0 Å². The standard InChI is InChI=1S/C19H14Cl2N2O5/c1-23-18(26)12-4-3-11(8-13(12)19(23)27)22-16(24)9-28-17(25)7-10-2-5-14(20)15(21)6-10/h2-6,8H,7,9H2,1H3,(H,22,24). The maximum atomic E-state index is 12.0. The van der Waals surface area contributed by atoms with E-state index in [1.54, 1.807) is 18.2 Å². The molecule has 0 atom stereocenters. The van der Waals surface area contributed by atoms with Gasteiger partial charge in [-0.15, -0.1) is 0 Å². The van der Waals surface area contributed by atoms with E-state index in [9.17, 15) is 19.2 Å². The Morgan fingerprint density at radius 3 is 2.43 bits per heavy atom. The third-order valence-corrected chi connectivity index (χ3v) is 4.81. The molecule has 0 fully saturated rings. The lowest BCUT2D eigenvalue weighted by Gasteiger charge is -2.08. The number of fused-ring (bicyclic) bond motifs is 1. The first-order valence-electron chi connectivity index (χ1n) is 8.12. The average molecular weight is 421 g/mol. The number of carbonyl (C=O) groups excluding carboxylic acids is 4. The molecule has 0 bridgehead atoms. The van der Waals surface area contributed by atoms with Gasteiger partial charge in [0.25, 0.3) is 17.7 Å². The molecule has 2 aromatic carbocycles. The topological polar surface area (TPSA) is 92.8 Å². The number of halogens is 2. The van der Waals surface area contributed by atoms with Crippen molar-refractivity contribution in [3.63, 3.8) is 0 Å². The first kappa shape index (κ1) is 19.9. The van der Waals surface area contributed by atoms with E-state index >= 15 is 0 Å². The van der Waals surface area contributed by atoms with Gasteiger partial charge in [0.15, 0.2) is 6.61 Å². The highest BCUT2D eigenvalue weighted by Crippen LogP contribution is 2.25. The van der Waals surface area contributed by atoms with Crippen LogP contribution in [0.15, 0.2) is 36.4 Å². The molecule has 7 nitrogen and oxygen atoms in total. The van der Waals surface area contributed by atoms with Crippen LogP contribution < -0.4 is 5.32 Å². The summed E-state index contributed by atoms with van der Waals surface area (Å²) in [6.07, 6.45) is -0.0635. The number of rotatable bonds is 5. The van der Waals surface area contributed by atoms with Gasteiger partial charge in [0.2, 0.25) is 0 Å². The summed E-state index contributed by atoms with van der Waals surface area (Å²) in [4.78, 5) is 48.7. The largest absolute Gasteiger partial charge is 0.455 e. The Kier molecular flexibility index (Phi) is 5.67. The van der Waals surface area contributed by atoms with Crippen molar-refractivity contribution in [3.8, 4) is 0 Å². The molecule has 0 aliphatic carbocycles. The second-order valence-electron chi connectivity index (χ2n) is 6.06. The molecule has 1 heterocycles. The summed E-state index contributed by atoms with van der Waals surface area (Å²) in [7, 11) is 1.39. The predicted molar refractivity (Wildman–Crippen MR) is 103 cm³/mol. The number of ether oxygens (including phenoxy) is 1. The van der Waals surface area contributed by atoms with Crippen LogP contribution in [0.4, 0.5) is 5.69 Å². The van der Waals surface area contributed by atoms with Crippen LogP contribution in [0.25, 0.3) is 0 Å². The molecule has 0 radical (unpaired) electrons. The minimum absolute atomic E-state index is 0.0635. The lowest BCUT2D eigenvalue weighted by molar-refractivity contribution is -0.146. The smallest absolute Gasteiger partial charge is 0.310 e. The number of nitrogens with zero attached hydrogens (tertiary/aromatic N) is 1. The fourth-order valence-corrected chi connectivity index (χ4v) is 2.97. The van der Waals surface area contributed by atoms with E-state index < -0.39 is 30.3 Å². The fourth-order valence-electron chi connectivity index (χ4n) is 2.65. The van der Waals surface area contributed by atoms with E-state index in [4.69, 9.17) is 27.9 Å². The summed E-state index contributed by atoms with van der Waals surface area (Å²) in [6, 6.07) is 9.12.